The highest BCUT2D eigenvalue weighted by atomic mass is 16.2. The molecule has 2 aromatic rings. The van der Waals surface area contributed by atoms with Crippen LogP contribution >= 0.6 is 0 Å². The van der Waals surface area contributed by atoms with Gasteiger partial charge in [0, 0.05) is 11.8 Å². The Morgan fingerprint density at radius 3 is 2.21 bits per heavy atom. The molecule has 2 N–H and O–H groups in total. The highest BCUT2D eigenvalue weighted by molar-refractivity contribution is 5.36. The number of aromatic amines is 2. The van der Waals surface area contributed by atoms with Gasteiger partial charge in [0.1, 0.15) is 0 Å². The minimum Gasteiger partial charge on any atom is -0.302 e. The van der Waals surface area contributed by atoms with Gasteiger partial charge in [-0.15, -0.1) is 0 Å². The Bertz CT molecular complexity index is 711. The maximum atomic E-state index is 11.3. The van der Waals surface area contributed by atoms with Crippen LogP contribution in [0.5, 0.6) is 0 Å². The molecule has 1 aromatic carbocycles. The Balaban J connectivity index is 2.18. The van der Waals surface area contributed by atoms with E-state index in [0.29, 0.717) is 6.42 Å². The van der Waals surface area contributed by atoms with Gasteiger partial charge in [0.2, 0.25) is 5.43 Å². The molecule has 0 fully saturated rings. The molecule has 1 aromatic heterocycles. The highest BCUT2D eigenvalue weighted by Gasteiger charge is 2.04. The van der Waals surface area contributed by atoms with E-state index in [2.05, 4.69) is 43.1 Å². The number of hydrogen-bond donors (Lipinski definition) is 2. The summed E-state index contributed by atoms with van der Waals surface area (Å²) in [6.07, 6.45) is 1.55. The summed E-state index contributed by atoms with van der Waals surface area (Å²) in [5.41, 5.74) is 4.75. The van der Waals surface area contributed by atoms with Gasteiger partial charge in [-0.2, -0.15) is 0 Å². The molecule has 0 aliphatic rings. The first kappa shape index (κ1) is 13.3. The zero-order chi connectivity index (χ0) is 14.0. The van der Waals surface area contributed by atoms with Crippen molar-refractivity contribution in [1.29, 1.82) is 0 Å². The Morgan fingerprint density at radius 2 is 1.53 bits per heavy atom. The predicted octanol–water partition coefficient (Wildman–Crippen LogP) is 1.77. The minimum atomic E-state index is -0.605. The van der Waals surface area contributed by atoms with E-state index in [4.69, 9.17) is 0 Å². The van der Waals surface area contributed by atoms with Crippen LogP contribution in [0.3, 0.4) is 0 Å². The molecule has 0 aliphatic heterocycles. The number of hydrogen-bond acceptors (Lipinski definition) is 2. The van der Waals surface area contributed by atoms with E-state index in [9.17, 15) is 9.59 Å². The first-order chi connectivity index (χ1) is 8.97. The maximum absolute atomic E-state index is 11.3. The first-order valence-electron chi connectivity index (χ1n) is 6.35. The Kier molecular flexibility index (Phi) is 3.69. The molecule has 0 amide bonds. The molecule has 0 atom stereocenters. The van der Waals surface area contributed by atoms with Gasteiger partial charge < -0.3 is 5.10 Å². The van der Waals surface area contributed by atoms with E-state index in [1.807, 2.05) is 0 Å². The molecule has 0 saturated heterocycles. The predicted molar refractivity (Wildman–Crippen MR) is 75.7 cm³/mol. The van der Waals surface area contributed by atoms with Gasteiger partial charge in [-0.3, -0.25) is 14.7 Å². The molecule has 100 valence electrons. The van der Waals surface area contributed by atoms with Gasteiger partial charge in [-0.25, -0.2) is 0 Å². The maximum Gasteiger partial charge on any atom is 0.310 e. The van der Waals surface area contributed by atoms with Crippen molar-refractivity contribution >= 4 is 0 Å². The van der Waals surface area contributed by atoms with E-state index in [-0.39, 0.29) is 0 Å². The molecule has 2 rings (SSSR count). The summed E-state index contributed by atoms with van der Waals surface area (Å²) in [5.74, 6) is 0. The van der Waals surface area contributed by atoms with Crippen molar-refractivity contribution in [3.8, 4) is 0 Å². The molecular formula is C15H18N2O2. The fourth-order valence-corrected chi connectivity index (χ4v) is 2.15. The van der Waals surface area contributed by atoms with E-state index in [1.165, 1.54) is 28.3 Å². The van der Waals surface area contributed by atoms with E-state index in [1.54, 1.807) is 0 Å². The van der Waals surface area contributed by atoms with Crippen molar-refractivity contribution in [2.45, 2.75) is 33.6 Å². The van der Waals surface area contributed by atoms with Crippen LogP contribution in [-0.2, 0) is 12.8 Å². The second kappa shape index (κ2) is 5.26. The van der Waals surface area contributed by atoms with Crippen molar-refractivity contribution in [2.75, 3.05) is 0 Å². The van der Waals surface area contributed by atoms with Gasteiger partial charge in [-0.1, -0.05) is 12.1 Å². The number of rotatable bonds is 3. The van der Waals surface area contributed by atoms with Crippen LogP contribution < -0.4 is 11.0 Å². The lowest BCUT2D eigenvalue weighted by Crippen LogP contribution is -2.27. The van der Waals surface area contributed by atoms with E-state index < -0.39 is 11.0 Å². The molecule has 4 heteroatoms. The van der Waals surface area contributed by atoms with E-state index in [0.717, 1.165) is 12.1 Å². The summed E-state index contributed by atoms with van der Waals surface area (Å²) in [6, 6.07) is 5.74. The number of nitrogens with one attached hydrogen (secondary N) is 2. The number of aryl methyl sites for hydroxylation is 5. The van der Waals surface area contributed by atoms with Crippen molar-refractivity contribution in [1.82, 2.24) is 10.2 Å². The van der Waals surface area contributed by atoms with Crippen molar-refractivity contribution in [2.24, 2.45) is 0 Å². The Hall–Kier alpha value is -2.10. The lowest BCUT2D eigenvalue weighted by molar-refractivity contribution is 0.834. The lowest BCUT2D eigenvalue weighted by atomic mass is 9.97. The fourth-order valence-electron chi connectivity index (χ4n) is 2.15. The van der Waals surface area contributed by atoms with Crippen molar-refractivity contribution < 1.29 is 0 Å². The number of benzene rings is 1. The summed E-state index contributed by atoms with van der Waals surface area (Å²) < 4.78 is 0. The third-order valence-corrected chi connectivity index (χ3v) is 3.48. The molecule has 0 unspecified atom stereocenters. The van der Waals surface area contributed by atoms with Crippen LogP contribution in [0.15, 0.2) is 27.8 Å². The number of H-pyrrole nitrogens is 2. The van der Waals surface area contributed by atoms with Crippen molar-refractivity contribution in [3.63, 3.8) is 0 Å². The average molecular weight is 258 g/mol. The quantitative estimate of drug-likeness (QED) is 0.824. The fraction of sp³-hybridized carbons (Fsp3) is 0.333. The monoisotopic (exact) mass is 258 g/mol. The molecule has 0 radical (unpaired) electrons. The van der Waals surface area contributed by atoms with Gasteiger partial charge >= 0.3 is 5.56 Å². The summed E-state index contributed by atoms with van der Waals surface area (Å²) in [5, 5.41) is 5.10. The summed E-state index contributed by atoms with van der Waals surface area (Å²) >= 11 is 0. The van der Waals surface area contributed by atoms with Crippen LogP contribution in [0.1, 0.15) is 27.9 Å². The molecule has 0 saturated carbocycles. The third-order valence-electron chi connectivity index (χ3n) is 3.48. The topological polar surface area (TPSA) is 65.7 Å². The lowest BCUT2D eigenvalue weighted by Gasteiger charge is -2.09. The third kappa shape index (κ3) is 3.02. The molecule has 0 spiro atoms. The summed E-state index contributed by atoms with van der Waals surface area (Å²) in [4.78, 5) is 22.2. The second-order valence-corrected chi connectivity index (χ2v) is 4.98. The van der Waals surface area contributed by atoms with Crippen LogP contribution in [0.25, 0.3) is 0 Å². The normalized spacial score (nSPS) is 10.7. The first-order valence-corrected chi connectivity index (χ1v) is 6.35. The van der Waals surface area contributed by atoms with Gasteiger partial charge in [-0.05, 0) is 55.9 Å². The SMILES string of the molecule is Cc1cc(C)c(CCc2cc(=O)c(=O)[nH][nH]2)cc1C. The molecule has 1 heterocycles. The van der Waals surface area contributed by atoms with Crippen molar-refractivity contribution in [3.05, 3.63) is 66.7 Å². The van der Waals surface area contributed by atoms with Gasteiger partial charge in [0.05, 0.1) is 0 Å². The number of aromatic nitrogens is 2. The Labute approximate surface area is 111 Å². The zero-order valence-corrected chi connectivity index (χ0v) is 11.5. The minimum absolute atomic E-state index is 0.495. The van der Waals surface area contributed by atoms with E-state index >= 15 is 0 Å². The largest absolute Gasteiger partial charge is 0.310 e. The van der Waals surface area contributed by atoms with Gasteiger partial charge in [0.25, 0.3) is 0 Å². The summed E-state index contributed by atoms with van der Waals surface area (Å²) in [6.45, 7) is 6.29. The van der Waals surface area contributed by atoms with Crippen LogP contribution in [0.2, 0.25) is 0 Å². The Morgan fingerprint density at radius 1 is 0.842 bits per heavy atom. The molecule has 0 aliphatic carbocycles. The second-order valence-electron chi connectivity index (χ2n) is 4.98. The zero-order valence-electron chi connectivity index (χ0n) is 11.5. The average Bonchev–Trinajstić information content (AvgIpc) is 2.36. The van der Waals surface area contributed by atoms with Crippen LogP contribution in [0, 0.1) is 20.8 Å². The highest BCUT2D eigenvalue weighted by Crippen LogP contribution is 2.16. The van der Waals surface area contributed by atoms with Gasteiger partial charge in [0.15, 0.2) is 0 Å². The molecular weight excluding hydrogens is 240 g/mol. The molecule has 19 heavy (non-hydrogen) atoms. The summed E-state index contributed by atoms with van der Waals surface area (Å²) in [7, 11) is 0. The molecule has 4 nitrogen and oxygen atoms in total. The molecule has 0 bridgehead atoms. The van der Waals surface area contributed by atoms with Crippen LogP contribution in [0.4, 0.5) is 0 Å². The standard InChI is InChI=1S/C15H18N2O2/c1-9-6-11(3)12(7-10(9)2)4-5-13-8-14(18)15(19)17-16-13/h6-8H,4-5H2,1-3H3,(H,16,18)(H,17,19). The smallest absolute Gasteiger partial charge is 0.302 e. The van der Waals surface area contributed by atoms with Crippen LogP contribution in [-0.4, -0.2) is 10.2 Å².